The highest BCUT2D eigenvalue weighted by Crippen LogP contribution is 2.25. The number of piperidine rings is 1. The molecule has 9 heteroatoms. The molecule has 0 aliphatic carbocycles. The van der Waals surface area contributed by atoms with Gasteiger partial charge in [-0.2, -0.15) is 0 Å². The first-order chi connectivity index (χ1) is 14.5. The van der Waals surface area contributed by atoms with E-state index in [1.807, 2.05) is 11.0 Å². The zero-order valence-corrected chi connectivity index (χ0v) is 17.4. The number of nitrogens with zero attached hydrogens (tertiary/aromatic N) is 3. The number of methoxy groups -OCH3 is 1. The highest BCUT2D eigenvalue weighted by atomic mass is 16.5. The molecular formula is C21H30N4O5. The summed E-state index contributed by atoms with van der Waals surface area (Å²) >= 11 is 0. The SMILES string of the molecule is COCC(=O)Nc1ccc(N2CCN(CC(=O)N3CCCCC3)CC2)cc1C(=O)O. The molecule has 0 atom stereocenters. The van der Waals surface area contributed by atoms with Gasteiger partial charge in [0.25, 0.3) is 0 Å². The molecule has 9 nitrogen and oxygen atoms in total. The number of carboxylic acid groups (broad SMARTS) is 1. The number of carbonyl (C=O) groups excluding carboxylic acids is 2. The standard InChI is InChI=1S/C21H30N4O5/c1-30-15-19(26)22-18-6-5-16(13-17(18)21(28)29)24-11-9-23(10-12-24)14-20(27)25-7-3-2-4-8-25/h5-6,13H,2-4,7-12,14-15H2,1H3,(H,22,26)(H,28,29). The van der Waals surface area contributed by atoms with Crippen molar-refractivity contribution in [2.45, 2.75) is 19.3 Å². The number of anilines is 2. The fraction of sp³-hybridized carbons (Fsp3) is 0.571. The summed E-state index contributed by atoms with van der Waals surface area (Å²) in [5.41, 5.74) is 1.08. The molecule has 164 valence electrons. The summed E-state index contributed by atoms with van der Waals surface area (Å²) in [6.07, 6.45) is 3.39. The molecule has 1 aromatic carbocycles. The number of ether oxygens (including phenoxy) is 1. The largest absolute Gasteiger partial charge is 0.478 e. The number of piperazine rings is 1. The second-order valence-electron chi connectivity index (χ2n) is 7.72. The van der Waals surface area contributed by atoms with Crippen LogP contribution in [0.25, 0.3) is 0 Å². The van der Waals surface area contributed by atoms with Crippen molar-refractivity contribution < 1.29 is 24.2 Å². The van der Waals surface area contributed by atoms with Crippen molar-refractivity contribution in [2.24, 2.45) is 0 Å². The quantitative estimate of drug-likeness (QED) is 0.684. The molecule has 2 amide bonds. The number of aromatic carboxylic acids is 1. The highest BCUT2D eigenvalue weighted by molar-refractivity contribution is 6.01. The predicted molar refractivity (Wildman–Crippen MR) is 113 cm³/mol. The smallest absolute Gasteiger partial charge is 0.337 e. The molecule has 2 aliphatic heterocycles. The van der Waals surface area contributed by atoms with Gasteiger partial charge in [-0.3, -0.25) is 14.5 Å². The number of rotatable bonds is 7. The Morgan fingerprint density at radius 3 is 2.37 bits per heavy atom. The zero-order valence-electron chi connectivity index (χ0n) is 17.4. The van der Waals surface area contributed by atoms with Crippen molar-refractivity contribution in [2.75, 3.05) is 69.7 Å². The fourth-order valence-corrected chi connectivity index (χ4v) is 3.93. The Morgan fingerprint density at radius 1 is 1.03 bits per heavy atom. The lowest BCUT2D eigenvalue weighted by atomic mass is 10.1. The summed E-state index contributed by atoms with van der Waals surface area (Å²) in [5.74, 6) is -1.30. The van der Waals surface area contributed by atoms with Crippen LogP contribution >= 0.6 is 0 Å². The van der Waals surface area contributed by atoms with Crippen LogP contribution in [-0.2, 0) is 14.3 Å². The van der Waals surface area contributed by atoms with Gasteiger partial charge in [0, 0.05) is 52.1 Å². The normalized spacial score (nSPS) is 17.6. The summed E-state index contributed by atoms with van der Waals surface area (Å²) in [4.78, 5) is 42.1. The lowest BCUT2D eigenvalue weighted by molar-refractivity contribution is -0.133. The van der Waals surface area contributed by atoms with E-state index < -0.39 is 11.9 Å². The Morgan fingerprint density at radius 2 is 1.73 bits per heavy atom. The second kappa shape index (κ2) is 10.4. The van der Waals surface area contributed by atoms with Crippen molar-refractivity contribution in [3.63, 3.8) is 0 Å². The van der Waals surface area contributed by atoms with E-state index in [0.717, 1.165) is 44.7 Å². The van der Waals surface area contributed by atoms with E-state index in [2.05, 4.69) is 15.1 Å². The van der Waals surface area contributed by atoms with Crippen LogP contribution in [0.2, 0.25) is 0 Å². The molecule has 0 saturated carbocycles. The van der Waals surface area contributed by atoms with Gasteiger partial charge in [-0.25, -0.2) is 4.79 Å². The third kappa shape index (κ3) is 5.70. The molecule has 0 unspecified atom stereocenters. The Balaban J connectivity index is 1.58. The molecule has 0 aromatic heterocycles. The minimum absolute atomic E-state index is 0.0414. The van der Waals surface area contributed by atoms with Crippen LogP contribution < -0.4 is 10.2 Å². The molecule has 30 heavy (non-hydrogen) atoms. The van der Waals surface area contributed by atoms with Gasteiger partial charge in [0.05, 0.1) is 17.8 Å². The predicted octanol–water partition coefficient (Wildman–Crippen LogP) is 1.10. The lowest BCUT2D eigenvalue weighted by Crippen LogP contribution is -2.50. The molecule has 2 fully saturated rings. The molecular weight excluding hydrogens is 388 g/mol. The van der Waals surface area contributed by atoms with Crippen LogP contribution in [0.5, 0.6) is 0 Å². The van der Waals surface area contributed by atoms with E-state index in [4.69, 9.17) is 4.74 Å². The average molecular weight is 418 g/mol. The van der Waals surface area contributed by atoms with E-state index in [0.29, 0.717) is 19.6 Å². The van der Waals surface area contributed by atoms with Gasteiger partial charge < -0.3 is 25.0 Å². The summed E-state index contributed by atoms with van der Waals surface area (Å²) in [6.45, 7) is 4.94. The van der Waals surface area contributed by atoms with Crippen molar-refractivity contribution in [1.29, 1.82) is 0 Å². The van der Waals surface area contributed by atoms with E-state index in [1.165, 1.54) is 13.5 Å². The van der Waals surface area contributed by atoms with Crippen LogP contribution in [0, 0.1) is 0 Å². The molecule has 2 N–H and O–H groups in total. The maximum Gasteiger partial charge on any atom is 0.337 e. The minimum Gasteiger partial charge on any atom is -0.478 e. The van der Waals surface area contributed by atoms with Gasteiger partial charge in [-0.1, -0.05) is 0 Å². The van der Waals surface area contributed by atoms with Gasteiger partial charge in [-0.05, 0) is 37.5 Å². The van der Waals surface area contributed by atoms with E-state index >= 15 is 0 Å². The third-order valence-electron chi connectivity index (χ3n) is 5.59. The number of likely N-dealkylation sites (tertiary alicyclic amines) is 1. The van der Waals surface area contributed by atoms with Gasteiger partial charge in [-0.15, -0.1) is 0 Å². The zero-order chi connectivity index (χ0) is 21.5. The Hall–Kier alpha value is -2.65. The topological polar surface area (TPSA) is 102 Å². The maximum atomic E-state index is 12.5. The number of carboxylic acids is 1. The first-order valence-electron chi connectivity index (χ1n) is 10.4. The van der Waals surface area contributed by atoms with Gasteiger partial charge in [0.2, 0.25) is 11.8 Å². The molecule has 0 radical (unpaired) electrons. The van der Waals surface area contributed by atoms with Crippen LogP contribution in [0.15, 0.2) is 18.2 Å². The maximum absolute atomic E-state index is 12.5. The van der Waals surface area contributed by atoms with Crippen LogP contribution in [-0.4, -0.2) is 92.2 Å². The first kappa shape index (κ1) is 22.0. The van der Waals surface area contributed by atoms with Crippen molar-refractivity contribution in [1.82, 2.24) is 9.80 Å². The van der Waals surface area contributed by atoms with Crippen LogP contribution in [0.3, 0.4) is 0 Å². The van der Waals surface area contributed by atoms with E-state index in [9.17, 15) is 19.5 Å². The van der Waals surface area contributed by atoms with Gasteiger partial charge in [0.1, 0.15) is 6.61 Å². The molecule has 2 saturated heterocycles. The Labute approximate surface area is 176 Å². The molecule has 2 aliphatic rings. The lowest BCUT2D eigenvalue weighted by Gasteiger charge is -2.37. The average Bonchev–Trinajstić information content (AvgIpc) is 2.75. The Bertz CT molecular complexity index is 771. The number of nitrogens with one attached hydrogen (secondary N) is 1. The second-order valence-corrected chi connectivity index (χ2v) is 7.72. The number of benzene rings is 1. The number of hydrogen-bond acceptors (Lipinski definition) is 6. The number of hydrogen-bond donors (Lipinski definition) is 2. The fourth-order valence-electron chi connectivity index (χ4n) is 3.93. The van der Waals surface area contributed by atoms with Crippen molar-refractivity contribution in [3.8, 4) is 0 Å². The van der Waals surface area contributed by atoms with Gasteiger partial charge >= 0.3 is 5.97 Å². The first-order valence-corrected chi connectivity index (χ1v) is 10.4. The minimum atomic E-state index is -1.10. The van der Waals surface area contributed by atoms with E-state index in [-0.39, 0.29) is 23.8 Å². The number of carbonyl (C=O) groups is 3. The van der Waals surface area contributed by atoms with Crippen LogP contribution in [0.1, 0.15) is 29.6 Å². The van der Waals surface area contributed by atoms with Crippen LogP contribution in [0.4, 0.5) is 11.4 Å². The summed E-state index contributed by atoms with van der Waals surface area (Å²) in [5, 5.41) is 12.1. The summed E-state index contributed by atoms with van der Waals surface area (Å²) in [6, 6.07) is 5.00. The van der Waals surface area contributed by atoms with Gasteiger partial charge in [0.15, 0.2) is 0 Å². The molecule has 3 rings (SSSR count). The molecule has 0 bridgehead atoms. The highest BCUT2D eigenvalue weighted by Gasteiger charge is 2.24. The summed E-state index contributed by atoms with van der Waals surface area (Å²) < 4.78 is 4.77. The monoisotopic (exact) mass is 418 g/mol. The molecule has 0 spiro atoms. The molecule has 2 heterocycles. The van der Waals surface area contributed by atoms with E-state index in [1.54, 1.807) is 12.1 Å². The Kier molecular flexibility index (Phi) is 7.64. The summed E-state index contributed by atoms with van der Waals surface area (Å²) in [7, 11) is 1.40. The number of amides is 2. The van der Waals surface area contributed by atoms with Crippen molar-refractivity contribution >= 4 is 29.2 Å². The third-order valence-corrected chi connectivity index (χ3v) is 5.59. The molecule has 1 aromatic rings. The van der Waals surface area contributed by atoms with Crippen molar-refractivity contribution in [3.05, 3.63) is 23.8 Å².